The molecule has 0 aliphatic carbocycles. The molecule has 15 nitrogen and oxygen atoms in total. The summed E-state index contributed by atoms with van der Waals surface area (Å²) < 4.78 is 0. The number of carbonyl (C=O) groups is 7. The Morgan fingerprint density at radius 3 is 1.58 bits per heavy atom. The van der Waals surface area contributed by atoms with Crippen molar-refractivity contribution in [3.05, 3.63) is 0 Å². The average Bonchev–Trinajstić information content (AvgIpc) is 2.70. The van der Waals surface area contributed by atoms with Gasteiger partial charge in [-0.2, -0.15) is 12.6 Å². The molecule has 4 atom stereocenters. The quantitative estimate of drug-likeness (QED) is 0.0947. The van der Waals surface area contributed by atoms with Gasteiger partial charge in [0, 0.05) is 18.6 Å². The Bertz CT molecular complexity index is 777. The highest BCUT2D eigenvalue weighted by Gasteiger charge is 2.30. The summed E-state index contributed by atoms with van der Waals surface area (Å²) in [7, 11) is 0. The number of primary amides is 1. The first-order valence-electron chi connectivity index (χ1n) is 9.50. The van der Waals surface area contributed by atoms with Gasteiger partial charge in [-0.3, -0.25) is 28.8 Å². The summed E-state index contributed by atoms with van der Waals surface area (Å²) in [4.78, 5) is 81.1. The third kappa shape index (κ3) is 12.3. The Labute approximate surface area is 193 Å². The highest BCUT2D eigenvalue weighted by atomic mass is 32.1. The van der Waals surface area contributed by atoms with Crippen molar-refractivity contribution in [1.29, 1.82) is 0 Å². The molecule has 33 heavy (non-hydrogen) atoms. The van der Waals surface area contributed by atoms with Gasteiger partial charge in [0.25, 0.3) is 0 Å². The van der Waals surface area contributed by atoms with Crippen molar-refractivity contribution in [3.63, 3.8) is 0 Å². The van der Waals surface area contributed by atoms with Crippen LogP contribution in [0.15, 0.2) is 0 Å². The molecular formula is C17H27N5O10S. The topological polar surface area (TPSA) is 268 Å². The van der Waals surface area contributed by atoms with Gasteiger partial charge in [-0.25, -0.2) is 4.79 Å². The number of aliphatic carboxylic acids is 3. The molecule has 0 radical (unpaired) electrons. The molecule has 0 rings (SSSR count). The average molecular weight is 493 g/mol. The molecule has 0 bridgehead atoms. The minimum Gasteiger partial charge on any atom is -0.481 e. The van der Waals surface area contributed by atoms with Gasteiger partial charge in [0.05, 0.1) is 12.5 Å². The summed E-state index contributed by atoms with van der Waals surface area (Å²) in [6.45, 7) is 0. The molecular weight excluding hydrogens is 466 g/mol. The Morgan fingerprint density at radius 2 is 1.18 bits per heavy atom. The van der Waals surface area contributed by atoms with E-state index in [-0.39, 0.29) is 18.6 Å². The van der Waals surface area contributed by atoms with Crippen molar-refractivity contribution >= 4 is 54.2 Å². The molecule has 0 aliphatic rings. The molecule has 0 aromatic heterocycles. The zero-order chi connectivity index (χ0) is 25.7. The monoisotopic (exact) mass is 493 g/mol. The van der Waals surface area contributed by atoms with Crippen molar-refractivity contribution in [2.45, 2.75) is 56.3 Å². The van der Waals surface area contributed by atoms with Crippen molar-refractivity contribution in [3.8, 4) is 0 Å². The first kappa shape index (κ1) is 29.6. The molecule has 0 spiro atoms. The van der Waals surface area contributed by atoms with Gasteiger partial charge in [-0.1, -0.05) is 0 Å². The molecule has 4 amide bonds. The van der Waals surface area contributed by atoms with E-state index in [1.165, 1.54) is 0 Å². The number of nitrogens with two attached hydrogens (primary N) is 2. The minimum absolute atomic E-state index is 0.292. The third-order valence-electron chi connectivity index (χ3n) is 4.12. The van der Waals surface area contributed by atoms with Gasteiger partial charge in [0.2, 0.25) is 23.6 Å². The zero-order valence-corrected chi connectivity index (χ0v) is 18.2. The second-order valence-electron chi connectivity index (χ2n) is 6.85. The standard InChI is InChI=1S/C17H27N5O10S/c18-7(5-13(26)27)14(28)20-8(1-3-11(19)23)15(29)21-9(2-4-12(24)25)16(30)22-10(6-33)17(31)32/h7-10,33H,1-6,18H2,(H2,19,23)(H,20,28)(H,21,29)(H,22,30)(H,24,25)(H,26,27)(H,31,32). The van der Waals surface area contributed by atoms with Crippen molar-refractivity contribution in [2.24, 2.45) is 11.5 Å². The lowest BCUT2D eigenvalue weighted by atomic mass is 10.1. The van der Waals surface area contributed by atoms with E-state index in [1.54, 1.807) is 0 Å². The summed E-state index contributed by atoms with van der Waals surface area (Å²) in [5.74, 6) is -8.29. The van der Waals surface area contributed by atoms with Crippen LogP contribution in [0.2, 0.25) is 0 Å². The van der Waals surface area contributed by atoms with E-state index in [2.05, 4.69) is 28.6 Å². The van der Waals surface area contributed by atoms with E-state index < -0.39 is 85.0 Å². The maximum Gasteiger partial charge on any atom is 0.327 e. The summed E-state index contributed by atoms with van der Waals surface area (Å²) in [6.07, 6.45) is -2.47. The van der Waals surface area contributed by atoms with Gasteiger partial charge in [0.15, 0.2) is 0 Å². The number of amides is 4. The second-order valence-corrected chi connectivity index (χ2v) is 7.21. The zero-order valence-electron chi connectivity index (χ0n) is 17.4. The second kappa shape index (κ2) is 14.6. The lowest BCUT2D eigenvalue weighted by Gasteiger charge is -2.24. The van der Waals surface area contributed by atoms with E-state index in [9.17, 15) is 33.6 Å². The van der Waals surface area contributed by atoms with Crippen molar-refractivity contribution in [2.75, 3.05) is 5.75 Å². The Hall–Kier alpha value is -3.40. The van der Waals surface area contributed by atoms with Gasteiger partial charge in [-0.15, -0.1) is 0 Å². The number of carbonyl (C=O) groups excluding carboxylic acids is 4. The molecule has 0 saturated carbocycles. The molecule has 0 fully saturated rings. The highest BCUT2D eigenvalue weighted by molar-refractivity contribution is 7.80. The fraction of sp³-hybridized carbons (Fsp3) is 0.588. The predicted octanol–water partition coefficient (Wildman–Crippen LogP) is -3.61. The normalized spacial score (nSPS) is 14.1. The summed E-state index contributed by atoms with van der Waals surface area (Å²) in [6, 6.07) is -5.95. The molecule has 0 saturated heterocycles. The predicted molar refractivity (Wildman–Crippen MR) is 113 cm³/mol. The summed E-state index contributed by atoms with van der Waals surface area (Å²) >= 11 is 3.79. The number of rotatable bonds is 16. The number of hydrogen-bond donors (Lipinski definition) is 9. The smallest absolute Gasteiger partial charge is 0.327 e. The van der Waals surface area contributed by atoms with E-state index in [0.29, 0.717) is 0 Å². The van der Waals surface area contributed by atoms with Crippen molar-refractivity contribution in [1.82, 2.24) is 16.0 Å². The molecule has 0 heterocycles. The van der Waals surface area contributed by atoms with E-state index >= 15 is 0 Å². The lowest BCUT2D eigenvalue weighted by molar-refractivity contribution is -0.142. The van der Waals surface area contributed by atoms with Crippen LogP contribution in [-0.2, 0) is 33.6 Å². The number of hydrogen-bond acceptors (Lipinski definition) is 9. The van der Waals surface area contributed by atoms with Crippen LogP contribution >= 0.6 is 12.6 Å². The van der Waals surface area contributed by atoms with Gasteiger partial charge in [-0.05, 0) is 12.8 Å². The first-order chi connectivity index (χ1) is 15.3. The number of thiol groups is 1. The van der Waals surface area contributed by atoms with Crippen LogP contribution in [0.4, 0.5) is 0 Å². The first-order valence-corrected chi connectivity index (χ1v) is 10.1. The van der Waals surface area contributed by atoms with E-state index in [1.807, 2.05) is 0 Å². The third-order valence-corrected chi connectivity index (χ3v) is 4.49. The largest absolute Gasteiger partial charge is 0.481 e. The summed E-state index contributed by atoms with van der Waals surface area (Å²) in [5, 5.41) is 33.1. The van der Waals surface area contributed by atoms with Crippen LogP contribution in [0.5, 0.6) is 0 Å². The molecule has 10 N–H and O–H groups in total. The fourth-order valence-electron chi connectivity index (χ4n) is 2.38. The van der Waals surface area contributed by atoms with Crippen LogP contribution in [0.25, 0.3) is 0 Å². The SMILES string of the molecule is NC(=O)CCC(NC(=O)C(N)CC(=O)O)C(=O)NC(CCC(=O)O)C(=O)NC(CS)C(=O)O. The maximum absolute atomic E-state index is 12.7. The molecule has 0 aromatic carbocycles. The summed E-state index contributed by atoms with van der Waals surface area (Å²) in [5.41, 5.74) is 10.5. The molecule has 186 valence electrons. The van der Waals surface area contributed by atoms with E-state index in [4.69, 9.17) is 26.8 Å². The van der Waals surface area contributed by atoms with Crippen LogP contribution in [0.1, 0.15) is 32.1 Å². The molecule has 0 aliphatic heterocycles. The van der Waals surface area contributed by atoms with Gasteiger partial charge >= 0.3 is 17.9 Å². The Morgan fingerprint density at radius 1 is 0.727 bits per heavy atom. The highest BCUT2D eigenvalue weighted by Crippen LogP contribution is 2.05. The van der Waals surface area contributed by atoms with Crippen LogP contribution in [-0.4, -0.2) is 86.8 Å². The molecule has 4 unspecified atom stereocenters. The number of carboxylic acid groups (broad SMARTS) is 3. The lowest BCUT2D eigenvalue weighted by Crippen LogP contribution is -2.57. The number of nitrogens with one attached hydrogen (secondary N) is 3. The fourth-order valence-corrected chi connectivity index (χ4v) is 2.63. The maximum atomic E-state index is 12.7. The van der Waals surface area contributed by atoms with Crippen molar-refractivity contribution < 1.29 is 48.9 Å². The minimum atomic E-state index is -1.52. The Kier molecular flexibility index (Phi) is 13.1. The Balaban J connectivity index is 5.55. The number of carboxylic acids is 3. The molecule has 0 aromatic rings. The van der Waals surface area contributed by atoms with Gasteiger partial charge < -0.3 is 42.7 Å². The van der Waals surface area contributed by atoms with Gasteiger partial charge in [0.1, 0.15) is 18.1 Å². The van der Waals surface area contributed by atoms with Crippen LogP contribution in [0.3, 0.4) is 0 Å². The van der Waals surface area contributed by atoms with Crippen LogP contribution in [0, 0.1) is 0 Å². The van der Waals surface area contributed by atoms with Crippen LogP contribution < -0.4 is 27.4 Å². The van der Waals surface area contributed by atoms with E-state index in [0.717, 1.165) is 0 Å². The molecule has 16 heteroatoms.